The van der Waals surface area contributed by atoms with Gasteiger partial charge in [-0.25, -0.2) is 0 Å². The summed E-state index contributed by atoms with van der Waals surface area (Å²) in [6, 6.07) is 3.71. The highest BCUT2D eigenvalue weighted by molar-refractivity contribution is 9.10. The molecule has 0 spiro atoms. The number of hydrogen-bond acceptors (Lipinski definition) is 7. The number of carbonyl (C=O) groups is 2. The second-order valence-electron chi connectivity index (χ2n) is 6.70. The van der Waals surface area contributed by atoms with E-state index in [0.717, 1.165) is 31.2 Å². The Morgan fingerprint density at radius 3 is 2.83 bits per heavy atom. The molecular weight excluding hydrogens is 460 g/mol. The summed E-state index contributed by atoms with van der Waals surface area (Å²) in [5.74, 6) is 1.08. The molecule has 2 aliphatic rings. The minimum Gasteiger partial charge on any atom is -0.493 e. The molecule has 1 saturated carbocycles. The lowest BCUT2D eigenvalue weighted by atomic mass is 9.95. The summed E-state index contributed by atoms with van der Waals surface area (Å²) in [5, 5.41) is 14.1. The zero-order valence-corrected chi connectivity index (χ0v) is 18.5. The molecule has 8 nitrogen and oxygen atoms in total. The fourth-order valence-corrected chi connectivity index (χ4v) is 4.16. The van der Waals surface area contributed by atoms with Crippen LogP contribution < -0.4 is 20.1 Å². The van der Waals surface area contributed by atoms with Crippen molar-refractivity contribution in [2.75, 3.05) is 19.5 Å². The van der Waals surface area contributed by atoms with Crippen molar-refractivity contribution in [3.8, 4) is 11.5 Å². The summed E-state index contributed by atoms with van der Waals surface area (Å²) >= 11 is 4.77. The van der Waals surface area contributed by atoms with Crippen LogP contribution in [0.1, 0.15) is 37.7 Å². The molecule has 0 bridgehead atoms. The molecule has 2 amide bonds. The molecule has 1 heterocycles. The van der Waals surface area contributed by atoms with Crippen LogP contribution in [0.4, 0.5) is 0 Å². The summed E-state index contributed by atoms with van der Waals surface area (Å²) in [7, 11) is 1.53. The van der Waals surface area contributed by atoms with Crippen LogP contribution in [0.25, 0.3) is 0 Å². The van der Waals surface area contributed by atoms with Crippen molar-refractivity contribution in [2.45, 2.75) is 38.1 Å². The van der Waals surface area contributed by atoms with Crippen LogP contribution in [-0.4, -0.2) is 48.7 Å². The Labute approximate surface area is 182 Å². The van der Waals surface area contributed by atoms with E-state index in [0.29, 0.717) is 26.9 Å². The number of halogens is 1. The topological polar surface area (TPSA) is 101 Å². The van der Waals surface area contributed by atoms with Gasteiger partial charge < -0.3 is 20.1 Å². The minimum atomic E-state index is -0.132. The van der Waals surface area contributed by atoms with Gasteiger partial charge in [0.25, 0.3) is 5.91 Å². The first kappa shape index (κ1) is 21.6. The van der Waals surface area contributed by atoms with Gasteiger partial charge >= 0.3 is 0 Å². The average Bonchev–Trinajstić information content (AvgIpc) is 3.13. The molecule has 2 fully saturated rings. The Bertz CT molecular complexity index is 825. The van der Waals surface area contributed by atoms with Crippen LogP contribution in [0, 0.1) is 0 Å². The third-order valence-electron chi connectivity index (χ3n) is 4.54. The van der Waals surface area contributed by atoms with Crippen molar-refractivity contribution >= 4 is 50.9 Å². The highest BCUT2D eigenvalue weighted by Gasteiger charge is 2.18. The molecule has 0 aromatic heterocycles. The number of hydrogen-bond donors (Lipinski definition) is 2. The maximum atomic E-state index is 12.2. The highest BCUT2D eigenvalue weighted by atomic mass is 79.9. The third kappa shape index (κ3) is 6.46. The molecule has 10 heteroatoms. The number of nitrogens with one attached hydrogen (secondary N) is 2. The smallest absolute Gasteiger partial charge is 0.258 e. The normalized spacial score (nSPS) is 18.8. The quantitative estimate of drug-likeness (QED) is 0.459. The lowest BCUT2D eigenvalue weighted by Gasteiger charge is -2.22. The van der Waals surface area contributed by atoms with Crippen LogP contribution >= 0.6 is 27.7 Å². The molecule has 0 unspecified atom stereocenters. The average molecular weight is 483 g/mol. The molecule has 0 atom stereocenters. The molecule has 156 valence electrons. The van der Waals surface area contributed by atoms with Crippen molar-refractivity contribution in [3.63, 3.8) is 0 Å². The van der Waals surface area contributed by atoms with Gasteiger partial charge in [-0.1, -0.05) is 31.0 Å². The summed E-state index contributed by atoms with van der Waals surface area (Å²) in [6.45, 7) is -0.0721. The van der Waals surface area contributed by atoms with Crippen LogP contribution in [0.2, 0.25) is 0 Å². The molecule has 1 aliphatic carbocycles. The zero-order valence-electron chi connectivity index (χ0n) is 16.1. The predicted molar refractivity (Wildman–Crippen MR) is 117 cm³/mol. The molecule has 3 rings (SSSR count). The molecule has 1 aliphatic heterocycles. The third-order valence-corrected chi connectivity index (χ3v) is 6.09. The van der Waals surface area contributed by atoms with Crippen molar-refractivity contribution in [3.05, 3.63) is 22.2 Å². The second-order valence-corrected chi connectivity index (χ2v) is 8.52. The number of methoxy groups -OCH3 is 1. The van der Waals surface area contributed by atoms with E-state index in [2.05, 4.69) is 36.8 Å². The van der Waals surface area contributed by atoms with Gasteiger partial charge in [-0.2, -0.15) is 5.10 Å². The highest BCUT2D eigenvalue weighted by Crippen LogP contribution is 2.33. The van der Waals surface area contributed by atoms with E-state index >= 15 is 0 Å². The van der Waals surface area contributed by atoms with Crippen LogP contribution in [0.3, 0.4) is 0 Å². The molecule has 1 aromatic rings. The number of amidine groups is 1. The largest absolute Gasteiger partial charge is 0.493 e. The Morgan fingerprint density at radius 1 is 1.34 bits per heavy atom. The van der Waals surface area contributed by atoms with Gasteiger partial charge in [0.1, 0.15) is 0 Å². The van der Waals surface area contributed by atoms with Crippen LogP contribution in [0.5, 0.6) is 11.5 Å². The number of nitrogens with zero attached hydrogens (tertiary/aromatic N) is 2. The van der Waals surface area contributed by atoms with Crippen molar-refractivity contribution in [1.82, 2.24) is 10.6 Å². The van der Waals surface area contributed by atoms with Crippen LogP contribution in [-0.2, 0) is 9.59 Å². The first-order valence-electron chi connectivity index (χ1n) is 9.38. The van der Waals surface area contributed by atoms with Crippen molar-refractivity contribution in [2.24, 2.45) is 10.2 Å². The molecule has 1 aromatic carbocycles. The van der Waals surface area contributed by atoms with Crippen molar-refractivity contribution < 1.29 is 19.1 Å². The van der Waals surface area contributed by atoms with Crippen molar-refractivity contribution in [1.29, 1.82) is 0 Å². The monoisotopic (exact) mass is 482 g/mol. The van der Waals surface area contributed by atoms with E-state index in [9.17, 15) is 9.59 Å². The van der Waals surface area contributed by atoms with Gasteiger partial charge in [-0.3, -0.25) is 9.59 Å². The first-order valence-corrected chi connectivity index (χ1v) is 11.2. The maximum absolute atomic E-state index is 12.2. The van der Waals surface area contributed by atoms with Gasteiger partial charge in [0, 0.05) is 16.1 Å². The van der Waals surface area contributed by atoms with Gasteiger partial charge in [0.05, 0.1) is 19.1 Å². The number of amides is 2. The Morgan fingerprint density at radius 2 is 2.14 bits per heavy atom. The van der Waals surface area contributed by atoms with Crippen LogP contribution in [0.15, 0.2) is 26.8 Å². The van der Waals surface area contributed by atoms with E-state index in [1.165, 1.54) is 25.3 Å². The lowest BCUT2D eigenvalue weighted by molar-refractivity contribution is -0.124. The SMILES string of the molecule is COc1cc(C=NN=C2NC(=O)CS2)c(Br)cc1OCC(=O)NC1CCCCC1. The van der Waals surface area contributed by atoms with Gasteiger partial charge in [0.2, 0.25) is 5.91 Å². The van der Waals surface area contributed by atoms with E-state index in [1.54, 1.807) is 18.3 Å². The van der Waals surface area contributed by atoms with E-state index in [4.69, 9.17) is 9.47 Å². The summed E-state index contributed by atoms with van der Waals surface area (Å²) in [4.78, 5) is 23.3. The summed E-state index contributed by atoms with van der Waals surface area (Å²) < 4.78 is 11.8. The summed E-state index contributed by atoms with van der Waals surface area (Å²) in [6.07, 6.45) is 7.16. The zero-order chi connectivity index (χ0) is 20.6. The van der Waals surface area contributed by atoms with E-state index < -0.39 is 0 Å². The number of rotatable bonds is 7. The Balaban J connectivity index is 1.60. The van der Waals surface area contributed by atoms with Gasteiger partial charge in [-0.05, 0) is 40.9 Å². The Hall–Kier alpha value is -2.07. The Kier molecular flexibility index (Phi) is 7.93. The fraction of sp³-hybridized carbons (Fsp3) is 0.474. The molecule has 0 radical (unpaired) electrons. The summed E-state index contributed by atoms with van der Waals surface area (Å²) in [5.41, 5.74) is 0.722. The number of ether oxygens (including phenoxy) is 2. The fourth-order valence-electron chi connectivity index (χ4n) is 3.10. The standard InChI is InChI=1S/C19H23BrN4O4S/c1-27-15-7-12(9-21-24-19-23-18(26)11-29-19)14(20)8-16(15)28-10-17(25)22-13-5-3-2-4-6-13/h7-9,13H,2-6,10-11H2,1H3,(H,22,25)(H,23,24,26). The number of carbonyl (C=O) groups excluding carboxylic acids is 2. The number of thioether (sulfide) groups is 1. The predicted octanol–water partition coefficient (Wildman–Crippen LogP) is 2.84. The van der Waals surface area contributed by atoms with Gasteiger partial charge in [-0.15, -0.1) is 5.10 Å². The van der Waals surface area contributed by atoms with E-state index in [-0.39, 0.29) is 24.5 Å². The number of benzene rings is 1. The first-order chi connectivity index (χ1) is 14.0. The lowest BCUT2D eigenvalue weighted by Crippen LogP contribution is -2.39. The van der Waals surface area contributed by atoms with Gasteiger partial charge in [0.15, 0.2) is 23.3 Å². The molecular formula is C19H23BrN4O4S. The molecule has 29 heavy (non-hydrogen) atoms. The second kappa shape index (κ2) is 10.6. The molecule has 1 saturated heterocycles. The molecule has 2 N–H and O–H groups in total. The van der Waals surface area contributed by atoms with E-state index in [1.807, 2.05) is 0 Å². The maximum Gasteiger partial charge on any atom is 0.258 e. The minimum absolute atomic E-state index is 0.0721.